The Morgan fingerprint density at radius 1 is 1.08 bits per heavy atom. The van der Waals surface area contributed by atoms with Crippen LogP contribution in [0.5, 0.6) is 5.75 Å². The summed E-state index contributed by atoms with van der Waals surface area (Å²) in [6, 6.07) is 16.8. The van der Waals surface area contributed by atoms with Gasteiger partial charge in [0.25, 0.3) is 0 Å². The molecule has 2 aromatic rings. The molecule has 0 saturated carbocycles. The molecule has 0 aromatic heterocycles. The lowest BCUT2D eigenvalue weighted by atomic mass is 10.0. The standard InChI is InChI=1S/C20H23NO3.ClH/c22-20(24-14-16-5-2-1-3-6-16)18-8-10-19(11-9-18)23-15-17-7-4-12-21-13-17;/h1-3,5-6,8-11,17,21H,4,7,12-15H2;1H. The molecule has 2 aromatic carbocycles. The molecule has 3 rings (SSSR count). The van der Waals surface area contributed by atoms with Crippen LogP contribution in [0.1, 0.15) is 28.8 Å². The number of esters is 1. The van der Waals surface area contributed by atoms with E-state index in [1.807, 2.05) is 42.5 Å². The number of hydrogen-bond donors (Lipinski definition) is 1. The van der Waals surface area contributed by atoms with E-state index >= 15 is 0 Å². The SMILES string of the molecule is Cl.O=C(OCc1ccccc1)c1ccc(OCC2CCCNC2)cc1. The van der Waals surface area contributed by atoms with Crippen molar-refractivity contribution in [2.45, 2.75) is 19.4 Å². The second-order valence-electron chi connectivity index (χ2n) is 6.11. The van der Waals surface area contributed by atoms with Crippen molar-refractivity contribution in [2.24, 2.45) is 5.92 Å². The van der Waals surface area contributed by atoms with Gasteiger partial charge in [0.2, 0.25) is 0 Å². The Hall–Kier alpha value is -2.04. The van der Waals surface area contributed by atoms with E-state index < -0.39 is 0 Å². The van der Waals surface area contributed by atoms with Crippen LogP contribution in [-0.2, 0) is 11.3 Å². The summed E-state index contributed by atoms with van der Waals surface area (Å²) in [7, 11) is 0. The summed E-state index contributed by atoms with van der Waals surface area (Å²) in [6.07, 6.45) is 2.41. The van der Waals surface area contributed by atoms with Crippen molar-refractivity contribution < 1.29 is 14.3 Å². The molecule has 0 spiro atoms. The van der Waals surface area contributed by atoms with Gasteiger partial charge >= 0.3 is 5.97 Å². The Balaban J connectivity index is 0.00000225. The maximum absolute atomic E-state index is 12.1. The van der Waals surface area contributed by atoms with Gasteiger partial charge in [-0.05, 0) is 49.2 Å². The predicted octanol–water partition coefficient (Wildman–Crippen LogP) is 3.84. The highest BCUT2D eigenvalue weighted by atomic mass is 35.5. The van der Waals surface area contributed by atoms with E-state index in [2.05, 4.69) is 5.32 Å². The van der Waals surface area contributed by atoms with Crippen LogP contribution in [0, 0.1) is 5.92 Å². The van der Waals surface area contributed by atoms with Gasteiger partial charge in [-0.2, -0.15) is 0 Å². The Morgan fingerprint density at radius 2 is 1.84 bits per heavy atom. The van der Waals surface area contributed by atoms with Crippen LogP contribution in [-0.4, -0.2) is 25.7 Å². The Bertz CT molecular complexity index is 640. The molecule has 1 atom stereocenters. The van der Waals surface area contributed by atoms with E-state index in [4.69, 9.17) is 9.47 Å². The summed E-state index contributed by atoms with van der Waals surface area (Å²) in [5, 5.41) is 3.38. The van der Waals surface area contributed by atoms with Crippen molar-refractivity contribution in [1.29, 1.82) is 0 Å². The summed E-state index contributed by atoms with van der Waals surface area (Å²) in [6.45, 7) is 3.12. The van der Waals surface area contributed by atoms with E-state index in [9.17, 15) is 4.79 Å². The van der Waals surface area contributed by atoms with Crippen LogP contribution in [0.15, 0.2) is 54.6 Å². The monoisotopic (exact) mass is 361 g/mol. The number of carbonyl (C=O) groups is 1. The van der Waals surface area contributed by atoms with Crippen LogP contribution in [0.4, 0.5) is 0 Å². The first-order chi connectivity index (χ1) is 11.8. The maximum atomic E-state index is 12.1. The van der Waals surface area contributed by atoms with Crippen LogP contribution in [0.25, 0.3) is 0 Å². The second-order valence-corrected chi connectivity index (χ2v) is 6.11. The van der Waals surface area contributed by atoms with Gasteiger partial charge < -0.3 is 14.8 Å². The predicted molar refractivity (Wildman–Crippen MR) is 100 cm³/mol. The number of halogens is 1. The lowest BCUT2D eigenvalue weighted by molar-refractivity contribution is 0.0472. The summed E-state index contributed by atoms with van der Waals surface area (Å²) >= 11 is 0. The van der Waals surface area contributed by atoms with E-state index in [1.54, 1.807) is 12.1 Å². The lowest BCUT2D eigenvalue weighted by Crippen LogP contribution is -2.33. The molecule has 0 radical (unpaired) electrons. The maximum Gasteiger partial charge on any atom is 0.338 e. The summed E-state index contributed by atoms with van der Waals surface area (Å²) < 4.78 is 11.1. The average Bonchev–Trinajstić information content (AvgIpc) is 2.66. The van der Waals surface area contributed by atoms with Crippen LogP contribution in [0.2, 0.25) is 0 Å². The van der Waals surface area contributed by atoms with Crippen molar-refractivity contribution in [3.05, 3.63) is 65.7 Å². The van der Waals surface area contributed by atoms with Crippen molar-refractivity contribution in [3.63, 3.8) is 0 Å². The van der Waals surface area contributed by atoms with E-state index in [-0.39, 0.29) is 25.0 Å². The van der Waals surface area contributed by atoms with Crippen LogP contribution < -0.4 is 10.1 Å². The normalized spacial score (nSPS) is 16.6. The van der Waals surface area contributed by atoms with Crippen LogP contribution >= 0.6 is 12.4 Å². The molecule has 4 nitrogen and oxygen atoms in total. The third-order valence-electron chi connectivity index (χ3n) is 4.19. The Labute approximate surface area is 154 Å². The molecule has 1 heterocycles. The molecule has 0 bridgehead atoms. The second kappa shape index (κ2) is 10.1. The minimum absolute atomic E-state index is 0. The molecule has 25 heavy (non-hydrogen) atoms. The van der Waals surface area contributed by atoms with Crippen molar-refractivity contribution in [1.82, 2.24) is 5.32 Å². The number of hydrogen-bond acceptors (Lipinski definition) is 4. The third kappa shape index (κ3) is 6.07. The fourth-order valence-electron chi connectivity index (χ4n) is 2.77. The topological polar surface area (TPSA) is 47.6 Å². The molecular formula is C20H24ClNO3. The smallest absolute Gasteiger partial charge is 0.338 e. The first kappa shape index (κ1) is 19.3. The van der Waals surface area contributed by atoms with Gasteiger partial charge in [-0.25, -0.2) is 4.79 Å². The molecule has 0 aliphatic carbocycles. The van der Waals surface area contributed by atoms with Crippen molar-refractivity contribution in [3.8, 4) is 5.75 Å². The van der Waals surface area contributed by atoms with E-state index in [0.29, 0.717) is 18.1 Å². The number of ether oxygens (including phenoxy) is 2. The Morgan fingerprint density at radius 3 is 2.52 bits per heavy atom. The quantitative estimate of drug-likeness (QED) is 0.794. The zero-order valence-corrected chi connectivity index (χ0v) is 15.0. The molecule has 1 fully saturated rings. The molecule has 1 aliphatic heterocycles. The average molecular weight is 362 g/mol. The molecule has 1 saturated heterocycles. The van der Waals surface area contributed by atoms with Gasteiger partial charge in [0, 0.05) is 12.5 Å². The molecule has 1 aliphatic rings. The zero-order valence-electron chi connectivity index (χ0n) is 14.1. The van der Waals surface area contributed by atoms with Crippen LogP contribution in [0.3, 0.4) is 0 Å². The molecule has 1 unspecified atom stereocenters. The lowest BCUT2D eigenvalue weighted by Gasteiger charge is -2.22. The fourth-order valence-corrected chi connectivity index (χ4v) is 2.77. The Kier molecular flexibility index (Phi) is 7.76. The number of piperidine rings is 1. The highest BCUT2D eigenvalue weighted by Gasteiger charge is 2.14. The highest BCUT2D eigenvalue weighted by molar-refractivity contribution is 5.89. The highest BCUT2D eigenvalue weighted by Crippen LogP contribution is 2.17. The number of benzene rings is 2. The van der Waals surface area contributed by atoms with Gasteiger partial charge in [-0.3, -0.25) is 0 Å². The van der Waals surface area contributed by atoms with Gasteiger partial charge in [-0.15, -0.1) is 12.4 Å². The number of nitrogens with one attached hydrogen (secondary N) is 1. The molecular weight excluding hydrogens is 338 g/mol. The summed E-state index contributed by atoms with van der Waals surface area (Å²) in [4.78, 5) is 12.1. The van der Waals surface area contributed by atoms with Gasteiger partial charge in [0.05, 0.1) is 12.2 Å². The molecule has 134 valence electrons. The minimum atomic E-state index is -0.318. The number of rotatable bonds is 6. The number of carbonyl (C=O) groups excluding carboxylic acids is 1. The van der Waals surface area contributed by atoms with E-state index in [0.717, 1.165) is 24.4 Å². The van der Waals surface area contributed by atoms with E-state index in [1.165, 1.54) is 12.8 Å². The zero-order chi connectivity index (χ0) is 16.6. The van der Waals surface area contributed by atoms with Gasteiger partial charge in [0.15, 0.2) is 0 Å². The first-order valence-corrected chi connectivity index (χ1v) is 8.46. The third-order valence-corrected chi connectivity index (χ3v) is 4.19. The summed E-state index contributed by atoms with van der Waals surface area (Å²) in [5.74, 6) is 1.04. The summed E-state index contributed by atoms with van der Waals surface area (Å²) in [5.41, 5.74) is 1.52. The molecule has 0 amide bonds. The molecule has 5 heteroatoms. The van der Waals surface area contributed by atoms with Gasteiger partial charge in [0.1, 0.15) is 12.4 Å². The largest absolute Gasteiger partial charge is 0.493 e. The fraction of sp³-hybridized carbons (Fsp3) is 0.350. The first-order valence-electron chi connectivity index (χ1n) is 8.46. The van der Waals surface area contributed by atoms with Crippen molar-refractivity contribution >= 4 is 18.4 Å². The minimum Gasteiger partial charge on any atom is -0.493 e. The van der Waals surface area contributed by atoms with Crippen molar-refractivity contribution in [2.75, 3.05) is 19.7 Å². The van der Waals surface area contributed by atoms with Gasteiger partial charge in [-0.1, -0.05) is 30.3 Å². The molecule has 1 N–H and O–H groups in total.